The largest absolute Gasteiger partial charge is 0.451 e. The fourth-order valence-corrected chi connectivity index (χ4v) is 2.57. The third-order valence-electron chi connectivity index (χ3n) is 3.39. The summed E-state index contributed by atoms with van der Waals surface area (Å²) in [6.07, 6.45) is 2.89. The molecule has 1 unspecified atom stereocenters. The molecule has 2 amide bonds. The van der Waals surface area contributed by atoms with Gasteiger partial charge >= 0.3 is 0 Å². The SMILES string of the molecule is O=C(NC1CCN(c2ccc(Cl)c(Cl)c2)C1=O)c1cocn1. The number of hydrogen-bond acceptors (Lipinski definition) is 4. The highest BCUT2D eigenvalue weighted by atomic mass is 35.5. The van der Waals surface area contributed by atoms with Gasteiger partial charge in [-0.3, -0.25) is 9.59 Å². The Bertz CT molecular complexity index is 718. The van der Waals surface area contributed by atoms with Crippen molar-refractivity contribution >= 4 is 40.7 Å². The summed E-state index contributed by atoms with van der Waals surface area (Å²) in [6.45, 7) is 0.487. The second-order valence-electron chi connectivity index (χ2n) is 4.78. The van der Waals surface area contributed by atoms with E-state index in [2.05, 4.69) is 10.3 Å². The average molecular weight is 340 g/mol. The molecule has 1 N–H and O–H groups in total. The molecule has 1 saturated heterocycles. The molecule has 0 aliphatic carbocycles. The molecule has 1 atom stereocenters. The number of benzene rings is 1. The number of carbonyl (C=O) groups is 2. The number of rotatable bonds is 3. The highest BCUT2D eigenvalue weighted by Crippen LogP contribution is 2.29. The minimum Gasteiger partial charge on any atom is -0.451 e. The van der Waals surface area contributed by atoms with Crippen LogP contribution in [0.15, 0.2) is 35.3 Å². The Balaban J connectivity index is 1.72. The maximum atomic E-state index is 12.4. The van der Waals surface area contributed by atoms with Crippen molar-refractivity contribution in [2.45, 2.75) is 12.5 Å². The van der Waals surface area contributed by atoms with Gasteiger partial charge in [-0.2, -0.15) is 0 Å². The molecule has 22 heavy (non-hydrogen) atoms. The lowest BCUT2D eigenvalue weighted by Crippen LogP contribution is -2.41. The monoisotopic (exact) mass is 339 g/mol. The topological polar surface area (TPSA) is 75.4 Å². The van der Waals surface area contributed by atoms with E-state index in [1.54, 1.807) is 23.1 Å². The Morgan fingerprint density at radius 3 is 2.86 bits per heavy atom. The Hall–Kier alpha value is -2.05. The molecule has 0 spiro atoms. The van der Waals surface area contributed by atoms with Crippen molar-refractivity contribution in [1.29, 1.82) is 0 Å². The number of aromatic nitrogens is 1. The first kappa shape index (κ1) is 14.9. The van der Waals surface area contributed by atoms with Crippen LogP contribution in [-0.2, 0) is 4.79 Å². The fourth-order valence-electron chi connectivity index (χ4n) is 2.28. The van der Waals surface area contributed by atoms with Gasteiger partial charge < -0.3 is 14.6 Å². The molecule has 1 fully saturated rings. The van der Waals surface area contributed by atoms with Gasteiger partial charge in [0.1, 0.15) is 12.3 Å². The van der Waals surface area contributed by atoms with E-state index in [-0.39, 0.29) is 11.6 Å². The molecule has 0 bridgehead atoms. The van der Waals surface area contributed by atoms with Crippen LogP contribution in [-0.4, -0.2) is 29.4 Å². The van der Waals surface area contributed by atoms with Crippen molar-refractivity contribution in [2.75, 3.05) is 11.4 Å². The van der Waals surface area contributed by atoms with Crippen molar-refractivity contribution in [3.8, 4) is 0 Å². The van der Waals surface area contributed by atoms with Crippen LogP contribution in [0.4, 0.5) is 5.69 Å². The maximum absolute atomic E-state index is 12.4. The third kappa shape index (κ3) is 2.80. The molecule has 2 heterocycles. The van der Waals surface area contributed by atoms with E-state index in [1.165, 1.54) is 6.26 Å². The summed E-state index contributed by atoms with van der Waals surface area (Å²) >= 11 is 11.8. The van der Waals surface area contributed by atoms with E-state index >= 15 is 0 Å². The predicted molar refractivity (Wildman–Crippen MR) is 81.2 cm³/mol. The summed E-state index contributed by atoms with van der Waals surface area (Å²) in [5.41, 5.74) is 0.790. The summed E-state index contributed by atoms with van der Waals surface area (Å²) < 4.78 is 4.75. The predicted octanol–water partition coefficient (Wildman–Crippen LogP) is 2.52. The van der Waals surface area contributed by atoms with Crippen molar-refractivity contribution in [1.82, 2.24) is 10.3 Å². The molecule has 0 saturated carbocycles. The normalized spacial score (nSPS) is 17.8. The number of halogens is 2. The zero-order valence-electron chi connectivity index (χ0n) is 11.3. The number of anilines is 1. The summed E-state index contributed by atoms with van der Waals surface area (Å²) in [5.74, 6) is -0.640. The lowest BCUT2D eigenvalue weighted by molar-refractivity contribution is -0.118. The van der Waals surface area contributed by atoms with E-state index in [1.807, 2.05) is 0 Å². The third-order valence-corrected chi connectivity index (χ3v) is 4.13. The van der Waals surface area contributed by atoms with Gasteiger partial charge in [-0.1, -0.05) is 23.2 Å². The number of hydrogen-bond donors (Lipinski definition) is 1. The first-order valence-electron chi connectivity index (χ1n) is 6.52. The summed E-state index contributed by atoms with van der Waals surface area (Å²) in [7, 11) is 0. The standard InChI is InChI=1S/C14H11Cl2N3O3/c15-9-2-1-8(5-10(9)16)19-4-3-11(14(19)21)18-13(20)12-6-22-7-17-12/h1-2,5-7,11H,3-4H2,(H,18,20). The molecule has 1 aliphatic rings. The zero-order valence-corrected chi connectivity index (χ0v) is 12.8. The minimum absolute atomic E-state index is 0.140. The first-order chi connectivity index (χ1) is 10.6. The quantitative estimate of drug-likeness (QED) is 0.932. The van der Waals surface area contributed by atoms with Crippen LogP contribution in [0.5, 0.6) is 0 Å². The molecule has 8 heteroatoms. The minimum atomic E-state index is -0.598. The van der Waals surface area contributed by atoms with Gasteiger partial charge in [-0.05, 0) is 24.6 Å². The first-order valence-corrected chi connectivity index (χ1v) is 7.27. The molecule has 2 aromatic rings. The van der Waals surface area contributed by atoms with Crippen LogP contribution in [0, 0.1) is 0 Å². The zero-order chi connectivity index (χ0) is 15.7. The van der Waals surface area contributed by atoms with E-state index in [0.29, 0.717) is 28.7 Å². The Kier molecular flexibility index (Phi) is 4.04. The van der Waals surface area contributed by atoms with Crippen LogP contribution in [0.1, 0.15) is 16.9 Å². The van der Waals surface area contributed by atoms with E-state index in [9.17, 15) is 9.59 Å². The molecular weight excluding hydrogens is 329 g/mol. The van der Waals surface area contributed by atoms with E-state index in [0.717, 1.165) is 6.39 Å². The molecule has 6 nitrogen and oxygen atoms in total. The lowest BCUT2D eigenvalue weighted by Gasteiger charge is -2.17. The van der Waals surface area contributed by atoms with Crippen molar-refractivity contribution in [3.63, 3.8) is 0 Å². The van der Waals surface area contributed by atoms with Gasteiger partial charge in [-0.25, -0.2) is 4.98 Å². The van der Waals surface area contributed by atoms with Crippen molar-refractivity contribution < 1.29 is 14.0 Å². The molecule has 0 radical (unpaired) electrons. The second kappa shape index (κ2) is 5.98. The van der Waals surface area contributed by atoms with Crippen molar-refractivity contribution in [3.05, 3.63) is 46.6 Å². The number of oxazole rings is 1. The average Bonchev–Trinajstić information content (AvgIpc) is 3.13. The van der Waals surface area contributed by atoms with Gasteiger partial charge in [0, 0.05) is 12.2 Å². The molecule has 114 valence electrons. The molecule has 1 aliphatic heterocycles. The molecular formula is C14H11Cl2N3O3. The van der Waals surface area contributed by atoms with Crippen molar-refractivity contribution in [2.24, 2.45) is 0 Å². The fraction of sp³-hybridized carbons (Fsp3) is 0.214. The summed E-state index contributed by atoms with van der Waals surface area (Å²) in [4.78, 5) is 29.6. The smallest absolute Gasteiger partial charge is 0.273 e. The number of amides is 2. The van der Waals surface area contributed by atoms with Gasteiger partial charge in [-0.15, -0.1) is 0 Å². The lowest BCUT2D eigenvalue weighted by atomic mass is 10.2. The van der Waals surface area contributed by atoms with Gasteiger partial charge in [0.05, 0.1) is 10.0 Å². The summed E-state index contributed by atoms with van der Waals surface area (Å²) in [6, 6.07) is 4.38. The maximum Gasteiger partial charge on any atom is 0.273 e. The van der Waals surface area contributed by atoms with Crippen LogP contribution in [0.2, 0.25) is 10.0 Å². The Labute approximate surface area is 136 Å². The van der Waals surface area contributed by atoms with Gasteiger partial charge in [0.15, 0.2) is 12.1 Å². The van der Waals surface area contributed by atoms with Crippen LogP contribution in [0.3, 0.4) is 0 Å². The number of nitrogens with one attached hydrogen (secondary N) is 1. The van der Waals surface area contributed by atoms with Gasteiger partial charge in [0.2, 0.25) is 5.91 Å². The highest BCUT2D eigenvalue weighted by molar-refractivity contribution is 6.42. The van der Waals surface area contributed by atoms with E-state index < -0.39 is 11.9 Å². The van der Waals surface area contributed by atoms with Crippen LogP contribution >= 0.6 is 23.2 Å². The summed E-state index contributed by atoms with van der Waals surface area (Å²) in [5, 5.41) is 3.45. The molecule has 1 aromatic carbocycles. The Morgan fingerprint density at radius 2 is 2.18 bits per heavy atom. The van der Waals surface area contributed by atoms with E-state index in [4.69, 9.17) is 27.6 Å². The molecule has 3 rings (SSSR count). The number of carbonyl (C=O) groups excluding carboxylic acids is 2. The Morgan fingerprint density at radius 1 is 1.36 bits per heavy atom. The number of nitrogens with zero attached hydrogens (tertiary/aromatic N) is 2. The highest BCUT2D eigenvalue weighted by Gasteiger charge is 2.34. The van der Waals surface area contributed by atoms with Crippen LogP contribution in [0.25, 0.3) is 0 Å². The molecule has 1 aromatic heterocycles. The second-order valence-corrected chi connectivity index (χ2v) is 5.59. The van der Waals surface area contributed by atoms with Gasteiger partial charge in [0.25, 0.3) is 5.91 Å². The van der Waals surface area contributed by atoms with Crippen LogP contribution < -0.4 is 10.2 Å².